The molecule has 2 heteroatoms. The summed E-state index contributed by atoms with van der Waals surface area (Å²) >= 11 is 0. The summed E-state index contributed by atoms with van der Waals surface area (Å²) in [5.41, 5.74) is 0. The van der Waals surface area contributed by atoms with Gasteiger partial charge in [0.05, 0.1) is 12.7 Å². The van der Waals surface area contributed by atoms with Gasteiger partial charge in [0.25, 0.3) is 0 Å². The number of hydrogen-bond acceptors (Lipinski definition) is 2. The van der Waals surface area contributed by atoms with Gasteiger partial charge in [0.15, 0.2) is 0 Å². The van der Waals surface area contributed by atoms with Gasteiger partial charge in [-0.25, -0.2) is 0 Å². The molecule has 0 saturated carbocycles. The van der Waals surface area contributed by atoms with E-state index in [0.717, 1.165) is 13.0 Å². The van der Waals surface area contributed by atoms with Crippen molar-refractivity contribution in [2.75, 3.05) is 13.2 Å². The van der Waals surface area contributed by atoms with E-state index in [1.807, 2.05) is 0 Å². The molecule has 0 rings (SSSR count). The minimum absolute atomic E-state index is 0.320. The topological polar surface area (TPSA) is 29.5 Å². The van der Waals surface area contributed by atoms with Crippen LogP contribution in [-0.4, -0.2) is 24.4 Å². The van der Waals surface area contributed by atoms with Crippen LogP contribution in [0.2, 0.25) is 0 Å². The van der Waals surface area contributed by atoms with Gasteiger partial charge in [-0.05, 0) is 13.3 Å². The lowest BCUT2D eigenvalue weighted by Gasteiger charge is -2.05. The standard InChI is InChI=1S/C12H26O2/c1-3-4-5-6-7-8-9-10-14-11-12(2)13/h12-13H,3-11H2,1-2H3. The molecule has 1 N–H and O–H groups in total. The first kappa shape index (κ1) is 13.9. The highest BCUT2D eigenvalue weighted by atomic mass is 16.5. The Kier molecular flexibility index (Phi) is 10.9. The molecule has 0 aromatic carbocycles. The smallest absolute Gasteiger partial charge is 0.0745 e. The molecule has 0 amide bonds. The van der Waals surface area contributed by atoms with E-state index in [1.165, 1.54) is 38.5 Å². The summed E-state index contributed by atoms with van der Waals surface area (Å²) in [6, 6.07) is 0. The molecule has 0 heterocycles. The summed E-state index contributed by atoms with van der Waals surface area (Å²) in [4.78, 5) is 0. The summed E-state index contributed by atoms with van der Waals surface area (Å²) in [6.07, 6.45) is 8.85. The number of hydrogen-bond donors (Lipinski definition) is 1. The van der Waals surface area contributed by atoms with Gasteiger partial charge >= 0.3 is 0 Å². The van der Waals surface area contributed by atoms with Crippen LogP contribution < -0.4 is 0 Å². The number of aliphatic hydroxyl groups is 1. The van der Waals surface area contributed by atoms with E-state index in [-0.39, 0.29) is 6.10 Å². The Morgan fingerprint density at radius 2 is 1.57 bits per heavy atom. The second kappa shape index (κ2) is 11.0. The maximum absolute atomic E-state index is 8.93. The van der Waals surface area contributed by atoms with E-state index in [0.29, 0.717) is 6.61 Å². The van der Waals surface area contributed by atoms with E-state index in [9.17, 15) is 0 Å². The normalized spacial score (nSPS) is 13.1. The van der Waals surface area contributed by atoms with Gasteiger partial charge in [0.1, 0.15) is 0 Å². The van der Waals surface area contributed by atoms with Gasteiger partial charge in [-0.2, -0.15) is 0 Å². The maximum Gasteiger partial charge on any atom is 0.0745 e. The Morgan fingerprint density at radius 1 is 1.00 bits per heavy atom. The fraction of sp³-hybridized carbons (Fsp3) is 1.00. The van der Waals surface area contributed by atoms with Gasteiger partial charge < -0.3 is 9.84 Å². The molecule has 0 aromatic heterocycles. The molecule has 0 spiro atoms. The molecule has 0 fully saturated rings. The Labute approximate surface area is 88.7 Å². The number of rotatable bonds is 10. The first-order valence-corrected chi connectivity index (χ1v) is 6.03. The highest BCUT2D eigenvalue weighted by Gasteiger charge is 1.95. The quantitative estimate of drug-likeness (QED) is 0.551. The Bertz CT molecular complexity index is 102. The van der Waals surface area contributed by atoms with Crippen LogP contribution >= 0.6 is 0 Å². The lowest BCUT2D eigenvalue weighted by Crippen LogP contribution is -2.10. The van der Waals surface area contributed by atoms with Crippen molar-refractivity contribution in [3.8, 4) is 0 Å². The molecule has 0 radical (unpaired) electrons. The average molecular weight is 202 g/mol. The van der Waals surface area contributed by atoms with E-state index in [1.54, 1.807) is 6.92 Å². The minimum Gasteiger partial charge on any atom is -0.391 e. The molecular weight excluding hydrogens is 176 g/mol. The highest BCUT2D eigenvalue weighted by Crippen LogP contribution is 2.06. The second-order valence-electron chi connectivity index (χ2n) is 4.05. The fourth-order valence-electron chi connectivity index (χ4n) is 1.42. The molecule has 1 unspecified atom stereocenters. The molecule has 0 aliphatic rings. The first-order chi connectivity index (χ1) is 6.77. The Balaban J connectivity index is 2.85. The van der Waals surface area contributed by atoms with Crippen molar-refractivity contribution in [1.29, 1.82) is 0 Å². The number of aliphatic hydroxyl groups excluding tert-OH is 1. The van der Waals surface area contributed by atoms with Gasteiger partial charge in [-0.1, -0.05) is 45.4 Å². The van der Waals surface area contributed by atoms with E-state index < -0.39 is 0 Å². The maximum atomic E-state index is 8.93. The van der Waals surface area contributed by atoms with Crippen LogP contribution in [0, 0.1) is 0 Å². The summed E-state index contributed by atoms with van der Waals surface area (Å²) in [7, 11) is 0. The van der Waals surface area contributed by atoms with Crippen LogP contribution in [0.25, 0.3) is 0 Å². The zero-order chi connectivity index (χ0) is 10.6. The van der Waals surface area contributed by atoms with Gasteiger partial charge in [0, 0.05) is 6.61 Å². The summed E-state index contributed by atoms with van der Waals surface area (Å²) < 4.78 is 5.27. The van der Waals surface area contributed by atoms with Crippen LogP contribution in [-0.2, 0) is 4.74 Å². The molecule has 2 nitrogen and oxygen atoms in total. The van der Waals surface area contributed by atoms with Gasteiger partial charge in [0.2, 0.25) is 0 Å². The molecule has 0 saturated heterocycles. The number of ether oxygens (including phenoxy) is 1. The van der Waals surface area contributed by atoms with E-state index >= 15 is 0 Å². The third-order valence-electron chi connectivity index (χ3n) is 2.25. The minimum atomic E-state index is -0.320. The van der Waals surface area contributed by atoms with Gasteiger partial charge in [-0.15, -0.1) is 0 Å². The predicted octanol–water partition coefficient (Wildman–Crippen LogP) is 3.13. The molecule has 14 heavy (non-hydrogen) atoms. The first-order valence-electron chi connectivity index (χ1n) is 6.03. The second-order valence-corrected chi connectivity index (χ2v) is 4.05. The number of unbranched alkanes of at least 4 members (excludes halogenated alkanes) is 6. The predicted molar refractivity (Wildman–Crippen MR) is 60.5 cm³/mol. The van der Waals surface area contributed by atoms with E-state index in [2.05, 4.69) is 6.92 Å². The van der Waals surface area contributed by atoms with Crippen molar-refractivity contribution in [2.24, 2.45) is 0 Å². The SMILES string of the molecule is CCCCCCCCCOCC(C)O. The largest absolute Gasteiger partial charge is 0.391 e. The van der Waals surface area contributed by atoms with Crippen molar-refractivity contribution in [3.63, 3.8) is 0 Å². The van der Waals surface area contributed by atoms with E-state index in [4.69, 9.17) is 9.84 Å². The van der Waals surface area contributed by atoms with Crippen LogP contribution in [0.15, 0.2) is 0 Å². The van der Waals surface area contributed by atoms with Crippen LogP contribution in [0.5, 0.6) is 0 Å². The van der Waals surface area contributed by atoms with Crippen molar-refractivity contribution in [3.05, 3.63) is 0 Å². The Morgan fingerprint density at radius 3 is 2.14 bits per heavy atom. The third kappa shape index (κ3) is 11.9. The molecule has 1 atom stereocenters. The lowest BCUT2D eigenvalue weighted by molar-refractivity contribution is 0.0445. The molecule has 0 aromatic rings. The molecule has 0 aliphatic carbocycles. The lowest BCUT2D eigenvalue weighted by atomic mass is 10.1. The zero-order valence-electron chi connectivity index (χ0n) is 9.80. The van der Waals surface area contributed by atoms with Gasteiger partial charge in [-0.3, -0.25) is 0 Å². The van der Waals surface area contributed by atoms with Crippen molar-refractivity contribution in [2.45, 2.75) is 64.9 Å². The monoisotopic (exact) mass is 202 g/mol. The van der Waals surface area contributed by atoms with Crippen molar-refractivity contribution >= 4 is 0 Å². The average Bonchev–Trinajstić information content (AvgIpc) is 2.15. The molecular formula is C12H26O2. The van der Waals surface area contributed by atoms with Crippen LogP contribution in [0.4, 0.5) is 0 Å². The van der Waals surface area contributed by atoms with Crippen molar-refractivity contribution in [1.82, 2.24) is 0 Å². The third-order valence-corrected chi connectivity index (χ3v) is 2.25. The zero-order valence-corrected chi connectivity index (χ0v) is 9.80. The molecule has 86 valence electrons. The summed E-state index contributed by atoms with van der Waals surface area (Å²) in [5.74, 6) is 0. The summed E-state index contributed by atoms with van der Waals surface area (Å²) in [6.45, 7) is 5.28. The summed E-state index contributed by atoms with van der Waals surface area (Å²) in [5, 5.41) is 8.93. The Hall–Kier alpha value is -0.0800. The molecule has 0 bridgehead atoms. The van der Waals surface area contributed by atoms with Crippen molar-refractivity contribution < 1.29 is 9.84 Å². The van der Waals surface area contributed by atoms with Crippen LogP contribution in [0.3, 0.4) is 0 Å². The van der Waals surface area contributed by atoms with Crippen LogP contribution in [0.1, 0.15) is 58.8 Å². The highest BCUT2D eigenvalue weighted by molar-refractivity contribution is 4.46. The molecule has 0 aliphatic heterocycles. The fourth-order valence-corrected chi connectivity index (χ4v) is 1.42.